The van der Waals surface area contributed by atoms with Crippen LogP contribution in [0.15, 0.2) is 12.4 Å². The van der Waals surface area contributed by atoms with Crippen LogP contribution in [0.4, 0.5) is 5.82 Å². The molecule has 0 spiro atoms. The molecule has 2 N–H and O–H groups in total. The summed E-state index contributed by atoms with van der Waals surface area (Å²) in [5.41, 5.74) is 0.337. The minimum absolute atomic E-state index is 0.0946. The van der Waals surface area contributed by atoms with Crippen LogP contribution < -0.4 is 10.6 Å². The maximum Gasteiger partial charge on any atom is 0.271 e. The van der Waals surface area contributed by atoms with E-state index >= 15 is 0 Å². The Balaban J connectivity index is 1.89. The molecule has 1 atom stereocenters. The third-order valence-electron chi connectivity index (χ3n) is 2.71. The molecular formula is C12H18N4O2. The average Bonchev–Trinajstić information content (AvgIpc) is 2.89. The fourth-order valence-electron chi connectivity index (χ4n) is 1.70. The Bertz CT molecular complexity index is 388. The van der Waals surface area contributed by atoms with Gasteiger partial charge in [0, 0.05) is 13.2 Å². The van der Waals surface area contributed by atoms with E-state index in [1.54, 1.807) is 6.20 Å². The van der Waals surface area contributed by atoms with Crippen LogP contribution in [0.2, 0.25) is 0 Å². The molecule has 1 amide bonds. The highest BCUT2D eigenvalue weighted by Crippen LogP contribution is 2.05. The van der Waals surface area contributed by atoms with Gasteiger partial charge in [0.2, 0.25) is 0 Å². The zero-order chi connectivity index (χ0) is 12.8. The van der Waals surface area contributed by atoms with Crippen molar-refractivity contribution in [3.8, 4) is 0 Å². The lowest BCUT2D eigenvalue weighted by molar-refractivity contribution is 0.0924. The van der Waals surface area contributed by atoms with Crippen LogP contribution in [-0.4, -0.2) is 41.7 Å². The predicted molar refractivity (Wildman–Crippen MR) is 67.5 cm³/mol. The largest absolute Gasteiger partial charge is 0.379 e. The lowest BCUT2D eigenvalue weighted by Gasteiger charge is -2.10. The summed E-state index contributed by atoms with van der Waals surface area (Å²) in [6.45, 7) is 4.21. The number of rotatable bonds is 5. The molecular weight excluding hydrogens is 232 g/mol. The van der Waals surface area contributed by atoms with E-state index in [9.17, 15) is 4.79 Å². The van der Waals surface area contributed by atoms with Gasteiger partial charge in [0.15, 0.2) is 0 Å². The quantitative estimate of drug-likeness (QED) is 0.809. The van der Waals surface area contributed by atoms with Crippen molar-refractivity contribution in [2.45, 2.75) is 25.8 Å². The van der Waals surface area contributed by atoms with Gasteiger partial charge in [-0.3, -0.25) is 4.79 Å². The van der Waals surface area contributed by atoms with Gasteiger partial charge in [0.05, 0.1) is 25.0 Å². The molecule has 98 valence electrons. The van der Waals surface area contributed by atoms with E-state index in [0.717, 1.165) is 19.4 Å². The third-order valence-corrected chi connectivity index (χ3v) is 2.71. The molecule has 2 heterocycles. The van der Waals surface area contributed by atoms with Crippen molar-refractivity contribution in [2.75, 3.05) is 25.1 Å². The normalized spacial score (nSPS) is 18.6. The Kier molecular flexibility index (Phi) is 4.46. The van der Waals surface area contributed by atoms with Crippen molar-refractivity contribution in [2.24, 2.45) is 0 Å². The maximum atomic E-state index is 11.8. The predicted octanol–water partition coefficient (Wildman–Crippen LogP) is 0.817. The number of aromatic nitrogens is 2. The van der Waals surface area contributed by atoms with Crippen molar-refractivity contribution in [1.29, 1.82) is 0 Å². The van der Waals surface area contributed by atoms with Gasteiger partial charge in [-0.05, 0) is 12.8 Å². The van der Waals surface area contributed by atoms with Crippen molar-refractivity contribution in [1.82, 2.24) is 15.3 Å². The Morgan fingerprint density at radius 3 is 3.00 bits per heavy atom. The van der Waals surface area contributed by atoms with Crippen LogP contribution in [0.5, 0.6) is 0 Å². The zero-order valence-electron chi connectivity index (χ0n) is 10.5. The molecule has 6 heteroatoms. The second-order valence-electron chi connectivity index (χ2n) is 4.25. The molecule has 1 fully saturated rings. The van der Waals surface area contributed by atoms with Gasteiger partial charge in [-0.2, -0.15) is 0 Å². The molecule has 0 radical (unpaired) electrons. The van der Waals surface area contributed by atoms with E-state index in [1.807, 2.05) is 0 Å². The summed E-state index contributed by atoms with van der Waals surface area (Å²) in [5, 5.41) is 5.98. The van der Waals surface area contributed by atoms with E-state index in [1.165, 1.54) is 6.20 Å². The van der Waals surface area contributed by atoms with E-state index in [4.69, 9.17) is 4.74 Å². The van der Waals surface area contributed by atoms with Crippen LogP contribution in [0, 0.1) is 0 Å². The Morgan fingerprint density at radius 2 is 2.39 bits per heavy atom. The van der Waals surface area contributed by atoms with Gasteiger partial charge in [-0.1, -0.05) is 6.92 Å². The van der Waals surface area contributed by atoms with E-state index in [0.29, 0.717) is 24.7 Å². The first-order valence-electron chi connectivity index (χ1n) is 6.24. The molecule has 0 saturated carbocycles. The zero-order valence-corrected chi connectivity index (χ0v) is 10.5. The molecule has 1 aliphatic heterocycles. The number of anilines is 1. The van der Waals surface area contributed by atoms with Crippen LogP contribution >= 0.6 is 0 Å². The van der Waals surface area contributed by atoms with E-state index in [-0.39, 0.29) is 11.9 Å². The number of hydrogen-bond acceptors (Lipinski definition) is 5. The van der Waals surface area contributed by atoms with Gasteiger partial charge >= 0.3 is 0 Å². The SMILES string of the molecule is CCCNc1cnc(C(=O)NC2CCOC2)cn1. The van der Waals surface area contributed by atoms with Crippen LogP contribution in [-0.2, 0) is 4.74 Å². The lowest BCUT2D eigenvalue weighted by Crippen LogP contribution is -2.35. The van der Waals surface area contributed by atoms with Crippen molar-refractivity contribution >= 4 is 11.7 Å². The number of amides is 1. The second kappa shape index (κ2) is 6.30. The summed E-state index contributed by atoms with van der Waals surface area (Å²) >= 11 is 0. The molecule has 18 heavy (non-hydrogen) atoms. The summed E-state index contributed by atoms with van der Waals surface area (Å²) in [6, 6.07) is 0.0946. The molecule has 1 aromatic heterocycles. The molecule has 1 aromatic rings. The topological polar surface area (TPSA) is 76.1 Å². The number of carbonyl (C=O) groups is 1. The second-order valence-corrected chi connectivity index (χ2v) is 4.25. The molecule has 1 unspecified atom stereocenters. The highest BCUT2D eigenvalue weighted by atomic mass is 16.5. The molecule has 2 rings (SSSR count). The van der Waals surface area contributed by atoms with Gasteiger partial charge in [0.25, 0.3) is 5.91 Å². The van der Waals surface area contributed by atoms with Crippen molar-refractivity contribution < 1.29 is 9.53 Å². The molecule has 0 bridgehead atoms. The highest BCUT2D eigenvalue weighted by Gasteiger charge is 2.19. The standard InChI is InChI=1S/C12H18N4O2/c1-2-4-13-11-7-14-10(6-15-11)12(17)16-9-3-5-18-8-9/h6-7,9H,2-5,8H2,1H3,(H,13,15)(H,16,17). The fraction of sp³-hybridized carbons (Fsp3) is 0.583. The first-order chi connectivity index (χ1) is 8.79. The smallest absolute Gasteiger partial charge is 0.271 e. The Labute approximate surface area is 106 Å². The summed E-state index contributed by atoms with van der Waals surface area (Å²) in [6.07, 6.45) is 4.94. The number of ether oxygens (including phenoxy) is 1. The van der Waals surface area contributed by atoms with Crippen LogP contribution in [0.1, 0.15) is 30.3 Å². The number of nitrogens with zero attached hydrogens (tertiary/aromatic N) is 2. The Morgan fingerprint density at radius 1 is 1.50 bits per heavy atom. The summed E-state index contributed by atoms with van der Waals surface area (Å²) in [5.74, 6) is 0.498. The maximum absolute atomic E-state index is 11.8. The minimum atomic E-state index is -0.194. The lowest BCUT2D eigenvalue weighted by atomic mass is 10.2. The first kappa shape index (κ1) is 12.8. The monoisotopic (exact) mass is 250 g/mol. The minimum Gasteiger partial charge on any atom is -0.379 e. The van der Waals surface area contributed by atoms with Gasteiger partial charge in [0.1, 0.15) is 11.5 Å². The number of nitrogens with one attached hydrogen (secondary N) is 2. The average molecular weight is 250 g/mol. The van der Waals surface area contributed by atoms with Gasteiger partial charge in [-0.25, -0.2) is 9.97 Å². The van der Waals surface area contributed by atoms with Crippen molar-refractivity contribution in [3.63, 3.8) is 0 Å². The van der Waals surface area contributed by atoms with Gasteiger partial charge < -0.3 is 15.4 Å². The van der Waals surface area contributed by atoms with Crippen LogP contribution in [0.3, 0.4) is 0 Å². The molecule has 0 aliphatic carbocycles. The molecule has 6 nitrogen and oxygen atoms in total. The fourth-order valence-corrected chi connectivity index (χ4v) is 1.70. The Hall–Kier alpha value is -1.69. The van der Waals surface area contributed by atoms with Crippen LogP contribution in [0.25, 0.3) is 0 Å². The molecule has 1 saturated heterocycles. The number of hydrogen-bond donors (Lipinski definition) is 2. The highest BCUT2D eigenvalue weighted by molar-refractivity contribution is 5.92. The van der Waals surface area contributed by atoms with Crippen molar-refractivity contribution in [3.05, 3.63) is 18.1 Å². The van der Waals surface area contributed by atoms with Gasteiger partial charge in [-0.15, -0.1) is 0 Å². The summed E-state index contributed by atoms with van der Waals surface area (Å²) < 4.78 is 5.20. The summed E-state index contributed by atoms with van der Waals surface area (Å²) in [4.78, 5) is 20.1. The summed E-state index contributed by atoms with van der Waals surface area (Å²) in [7, 11) is 0. The third kappa shape index (κ3) is 3.40. The van der Waals surface area contributed by atoms with E-state index in [2.05, 4.69) is 27.5 Å². The number of carbonyl (C=O) groups excluding carboxylic acids is 1. The van der Waals surface area contributed by atoms with E-state index < -0.39 is 0 Å². The molecule has 0 aromatic carbocycles. The molecule has 1 aliphatic rings. The first-order valence-corrected chi connectivity index (χ1v) is 6.24.